The molecule has 0 aromatic heterocycles. The second-order valence-electron chi connectivity index (χ2n) is 5.38. The van der Waals surface area contributed by atoms with Gasteiger partial charge in [-0.15, -0.1) is 0 Å². The van der Waals surface area contributed by atoms with Crippen LogP contribution >= 0.6 is 0 Å². The van der Waals surface area contributed by atoms with Crippen LogP contribution in [0.1, 0.15) is 25.8 Å². The van der Waals surface area contributed by atoms with Gasteiger partial charge in [-0.3, -0.25) is 4.90 Å². The number of likely N-dealkylation sites (tertiary alicyclic amines) is 1. The summed E-state index contributed by atoms with van der Waals surface area (Å²) in [6.45, 7) is 8.20. The Morgan fingerprint density at radius 3 is 2.88 bits per heavy atom. The summed E-state index contributed by atoms with van der Waals surface area (Å²) in [5.74, 6) is 2.65. The molecule has 2 nitrogen and oxygen atoms in total. The molecule has 1 aliphatic rings. The van der Waals surface area contributed by atoms with Crippen molar-refractivity contribution in [1.29, 1.82) is 0 Å². The quantitative estimate of drug-likeness (QED) is 0.792. The number of nitrogens with zero attached hydrogens (tertiary/aromatic N) is 1. The topological polar surface area (TPSA) is 12.5 Å². The molecule has 1 aromatic rings. The summed E-state index contributed by atoms with van der Waals surface area (Å²) in [6.07, 6.45) is 1.35. The summed E-state index contributed by atoms with van der Waals surface area (Å²) in [5, 5.41) is 0. The molecule has 1 aliphatic heterocycles. The van der Waals surface area contributed by atoms with Gasteiger partial charge in [0.15, 0.2) is 0 Å². The SMILES string of the molecule is COc1cccc(CN2CCC(C(C)C)C2)c1. The number of rotatable bonds is 4. The molecule has 0 saturated carbocycles. The first-order valence-corrected chi connectivity index (χ1v) is 6.54. The summed E-state index contributed by atoms with van der Waals surface area (Å²) in [5.41, 5.74) is 1.36. The molecule has 1 heterocycles. The molecule has 2 heteroatoms. The van der Waals surface area contributed by atoms with Crippen LogP contribution in [0.15, 0.2) is 24.3 Å². The monoisotopic (exact) mass is 233 g/mol. The van der Waals surface area contributed by atoms with Gasteiger partial charge in [0.1, 0.15) is 5.75 Å². The van der Waals surface area contributed by atoms with E-state index in [2.05, 4.69) is 36.9 Å². The van der Waals surface area contributed by atoms with Gasteiger partial charge in [-0.1, -0.05) is 26.0 Å². The van der Waals surface area contributed by atoms with Crippen molar-refractivity contribution in [2.45, 2.75) is 26.8 Å². The molecule has 0 spiro atoms. The Balaban J connectivity index is 1.93. The molecule has 0 radical (unpaired) electrons. The van der Waals surface area contributed by atoms with Crippen molar-refractivity contribution < 1.29 is 4.74 Å². The molecule has 2 rings (SSSR count). The fourth-order valence-electron chi connectivity index (χ4n) is 2.58. The van der Waals surface area contributed by atoms with Gasteiger partial charge in [0, 0.05) is 13.1 Å². The van der Waals surface area contributed by atoms with Gasteiger partial charge < -0.3 is 4.74 Å². The average molecular weight is 233 g/mol. The normalized spacial score (nSPS) is 21.1. The Kier molecular flexibility index (Phi) is 4.06. The van der Waals surface area contributed by atoms with E-state index in [0.717, 1.165) is 24.1 Å². The Bertz CT molecular complexity index is 362. The lowest BCUT2D eigenvalue weighted by molar-refractivity contribution is 0.296. The smallest absolute Gasteiger partial charge is 0.119 e. The van der Waals surface area contributed by atoms with Crippen molar-refractivity contribution >= 4 is 0 Å². The van der Waals surface area contributed by atoms with Gasteiger partial charge in [0.2, 0.25) is 0 Å². The van der Waals surface area contributed by atoms with Crippen molar-refractivity contribution in [1.82, 2.24) is 4.90 Å². The zero-order chi connectivity index (χ0) is 12.3. The first-order valence-electron chi connectivity index (χ1n) is 6.54. The first-order chi connectivity index (χ1) is 8.19. The van der Waals surface area contributed by atoms with E-state index in [1.807, 2.05) is 6.07 Å². The molecule has 1 atom stereocenters. The first kappa shape index (κ1) is 12.4. The Labute approximate surface area is 105 Å². The van der Waals surface area contributed by atoms with Crippen molar-refractivity contribution in [2.75, 3.05) is 20.2 Å². The van der Waals surface area contributed by atoms with Crippen LogP contribution in [0.4, 0.5) is 0 Å². The highest BCUT2D eigenvalue weighted by molar-refractivity contribution is 5.28. The second kappa shape index (κ2) is 5.54. The standard InChI is InChI=1S/C15H23NO/c1-12(2)14-7-8-16(11-14)10-13-5-4-6-15(9-13)17-3/h4-6,9,12,14H,7-8,10-11H2,1-3H3. The summed E-state index contributed by atoms with van der Waals surface area (Å²) in [6, 6.07) is 8.41. The molecular weight excluding hydrogens is 210 g/mol. The fourth-order valence-corrected chi connectivity index (χ4v) is 2.58. The van der Waals surface area contributed by atoms with E-state index in [4.69, 9.17) is 4.74 Å². The van der Waals surface area contributed by atoms with Gasteiger partial charge >= 0.3 is 0 Å². The third kappa shape index (κ3) is 3.22. The average Bonchev–Trinajstić information content (AvgIpc) is 2.78. The van der Waals surface area contributed by atoms with Crippen LogP contribution in [0.3, 0.4) is 0 Å². The zero-order valence-corrected chi connectivity index (χ0v) is 11.1. The van der Waals surface area contributed by atoms with Crippen LogP contribution in [0.5, 0.6) is 5.75 Å². The molecular formula is C15H23NO. The summed E-state index contributed by atoms with van der Waals surface area (Å²) < 4.78 is 5.26. The van der Waals surface area contributed by atoms with E-state index in [9.17, 15) is 0 Å². The maximum atomic E-state index is 5.26. The number of hydrogen-bond acceptors (Lipinski definition) is 2. The lowest BCUT2D eigenvalue weighted by Gasteiger charge is -2.18. The van der Waals surface area contributed by atoms with E-state index in [1.54, 1.807) is 7.11 Å². The van der Waals surface area contributed by atoms with Crippen LogP contribution in [0.25, 0.3) is 0 Å². The van der Waals surface area contributed by atoms with Crippen molar-refractivity contribution in [3.05, 3.63) is 29.8 Å². The lowest BCUT2D eigenvalue weighted by Crippen LogP contribution is -2.21. The summed E-state index contributed by atoms with van der Waals surface area (Å²) in [7, 11) is 1.73. The van der Waals surface area contributed by atoms with E-state index in [-0.39, 0.29) is 0 Å². The molecule has 0 N–H and O–H groups in total. The van der Waals surface area contributed by atoms with Gasteiger partial charge in [0.25, 0.3) is 0 Å². The van der Waals surface area contributed by atoms with Crippen molar-refractivity contribution in [3.8, 4) is 5.75 Å². The predicted octanol–water partition coefficient (Wildman–Crippen LogP) is 3.17. The van der Waals surface area contributed by atoms with Gasteiger partial charge in [0.05, 0.1) is 7.11 Å². The Morgan fingerprint density at radius 1 is 1.41 bits per heavy atom. The maximum absolute atomic E-state index is 5.26. The Morgan fingerprint density at radius 2 is 2.24 bits per heavy atom. The van der Waals surface area contributed by atoms with Crippen LogP contribution in [-0.2, 0) is 6.54 Å². The van der Waals surface area contributed by atoms with Gasteiger partial charge in [-0.25, -0.2) is 0 Å². The third-order valence-corrected chi connectivity index (χ3v) is 3.79. The highest BCUT2D eigenvalue weighted by Gasteiger charge is 2.24. The molecule has 0 amide bonds. The molecule has 1 saturated heterocycles. The maximum Gasteiger partial charge on any atom is 0.119 e. The molecule has 94 valence electrons. The number of hydrogen-bond donors (Lipinski definition) is 0. The van der Waals surface area contributed by atoms with Gasteiger partial charge in [-0.2, -0.15) is 0 Å². The number of ether oxygens (including phenoxy) is 1. The highest BCUT2D eigenvalue weighted by Crippen LogP contribution is 2.25. The molecule has 0 aliphatic carbocycles. The molecule has 1 aromatic carbocycles. The minimum Gasteiger partial charge on any atom is -0.497 e. The number of methoxy groups -OCH3 is 1. The van der Waals surface area contributed by atoms with E-state index in [0.29, 0.717) is 0 Å². The third-order valence-electron chi connectivity index (χ3n) is 3.79. The second-order valence-corrected chi connectivity index (χ2v) is 5.38. The van der Waals surface area contributed by atoms with Crippen molar-refractivity contribution in [2.24, 2.45) is 11.8 Å². The van der Waals surface area contributed by atoms with Crippen molar-refractivity contribution in [3.63, 3.8) is 0 Å². The highest BCUT2D eigenvalue weighted by atomic mass is 16.5. The predicted molar refractivity (Wildman–Crippen MR) is 71.2 cm³/mol. The summed E-state index contributed by atoms with van der Waals surface area (Å²) in [4.78, 5) is 2.55. The van der Waals surface area contributed by atoms with E-state index in [1.165, 1.54) is 25.1 Å². The Hall–Kier alpha value is -1.02. The molecule has 1 unspecified atom stereocenters. The fraction of sp³-hybridized carbons (Fsp3) is 0.600. The minimum absolute atomic E-state index is 0.810. The van der Waals surface area contributed by atoms with Crippen LogP contribution in [0, 0.1) is 11.8 Å². The van der Waals surface area contributed by atoms with Gasteiger partial charge in [-0.05, 0) is 42.5 Å². The van der Waals surface area contributed by atoms with E-state index >= 15 is 0 Å². The van der Waals surface area contributed by atoms with Crippen LogP contribution < -0.4 is 4.74 Å². The van der Waals surface area contributed by atoms with Crippen LogP contribution in [-0.4, -0.2) is 25.1 Å². The largest absolute Gasteiger partial charge is 0.497 e. The molecule has 0 bridgehead atoms. The summed E-state index contributed by atoms with van der Waals surface area (Å²) >= 11 is 0. The zero-order valence-electron chi connectivity index (χ0n) is 11.1. The number of benzene rings is 1. The minimum atomic E-state index is 0.810. The lowest BCUT2D eigenvalue weighted by atomic mass is 9.95. The molecule has 17 heavy (non-hydrogen) atoms. The van der Waals surface area contributed by atoms with Crippen LogP contribution in [0.2, 0.25) is 0 Å². The molecule has 1 fully saturated rings. The van der Waals surface area contributed by atoms with E-state index < -0.39 is 0 Å².